The second-order valence-corrected chi connectivity index (χ2v) is 9.59. The Bertz CT molecular complexity index is 761. The molecule has 0 radical (unpaired) electrons. The minimum atomic E-state index is -0.394. The maximum Gasteiger partial charge on any atom is 0.321 e. The average molecular weight is 428 g/mol. The summed E-state index contributed by atoms with van der Waals surface area (Å²) in [5.41, 5.74) is 2.04. The Balaban J connectivity index is 1.45. The highest BCUT2D eigenvalue weighted by atomic mass is 16.2. The third-order valence-corrected chi connectivity index (χ3v) is 6.64. The molecule has 0 spiro atoms. The van der Waals surface area contributed by atoms with Gasteiger partial charge in [-0.1, -0.05) is 51.0 Å². The molecule has 170 valence electrons. The molecule has 1 saturated heterocycles. The van der Waals surface area contributed by atoms with E-state index in [0.29, 0.717) is 19.0 Å². The second kappa shape index (κ2) is 10.9. The van der Waals surface area contributed by atoms with Crippen LogP contribution in [-0.4, -0.2) is 47.8 Å². The standard InChI is InChI=1S/C25H37N3O3/c1-17(2)16-19-8-10-20(11-9-19)23(29)21-12-14-28(15-13-21)18(3)24(30)27-25(31)26-22-6-4-5-7-22/h8-11,17-18,21-22H,4-7,12-16H2,1-3H3,(H2,26,27,30,31). The van der Waals surface area contributed by atoms with Crippen LogP contribution in [0.5, 0.6) is 0 Å². The smallest absolute Gasteiger partial charge is 0.321 e. The molecule has 1 heterocycles. The number of urea groups is 1. The summed E-state index contributed by atoms with van der Waals surface area (Å²) in [6, 6.07) is 7.42. The SMILES string of the molecule is CC(C)Cc1ccc(C(=O)C2CCN(C(C)C(=O)NC(=O)NC3CCCC3)CC2)cc1. The van der Waals surface area contributed by atoms with Crippen LogP contribution in [0.25, 0.3) is 0 Å². The lowest BCUT2D eigenvalue weighted by molar-refractivity contribution is -0.125. The van der Waals surface area contributed by atoms with Crippen molar-refractivity contribution in [2.45, 2.75) is 77.8 Å². The molecule has 1 unspecified atom stereocenters. The van der Waals surface area contributed by atoms with Gasteiger partial charge >= 0.3 is 6.03 Å². The first kappa shape index (κ1) is 23.5. The zero-order valence-electron chi connectivity index (χ0n) is 19.2. The van der Waals surface area contributed by atoms with Crippen LogP contribution < -0.4 is 10.6 Å². The Kier molecular flexibility index (Phi) is 8.24. The Morgan fingerprint density at radius 2 is 1.58 bits per heavy atom. The number of carbonyl (C=O) groups is 3. The number of piperidine rings is 1. The van der Waals surface area contributed by atoms with Crippen LogP contribution in [-0.2, 0) is 11.2 Å². The van der Waals surface area contributed by atoms with Gasteiger partial charge in [0.05, 0.1) is 6.04 Å². The number of imide groups is 1. The molecule has 1 aliphatic heterocycles. The fourth-order valence-electron chi connectivity index (χ4n) is 4.73. The van der Waals surface area contributed by atoms with E-state index in [9.17, 15) is 14.4 Å². The van der Waals surface area contributed by atoms with Gasteiger partial charge in [-0.25, -0.2) is 4.79 Å². The predicted octanol–water partition coefficient (Wildman–Crippen LogP) is 3.94. The van der Waals surface area contributed by atoms with E-state index in [0.717, 1.165) is 50.5 Å². The number of Topliss-reactive ketones (excluding diaryl/α,β-unsaturated/α-hetero) is 1. The number of ketones is 1. The first-order chi connectivity index (χ1) is 14.8. The van der Waals surface area contributed by atoms with Crippen LogP contribution in [0.3, 0.4) is 0 Å². The number of nitrogens with zero attached hydrogens (tertiary/aromatic N) is 1. The zero-order valence-corrected chi connectivity index (χ0v) is 19.2. The molecular formula is C25H37N3O3. The minimum Gasteiger partial charge on any atom is -0.335 e. The monoisotopic (exact) mass is 427 g/mol. The van der Waals surface area contributed by atoms with E-state index in [1.165, 1.54) is 5.56 Å². The van der Waals surface area contributed by atoms with Crippen LogP contribution in [0, 0.1) is 11.8 Å². The summed E-state index contributed by atoms with van der Waals surface area (Å²) < 4.78 is 0. The van der Waals surface area contributed by atoms with Crippen molar-refractivity contribution in [2.24, 2.45) is 11.8 Å². The first-order valence-electron chi connectivity index (χ1n) is 11.8. The molecule has 3 amide bonds. The molecule has 6 heteroatoms. The number of hydrogen-bond acceptors (Lipinski definition) is 4. The maximum absolute atomic E-state index is 12.9. The lowest BCUT2D eigenvalue weighted by Crippen LogP contribution is -2.52. The molecule has 0 aromatic heterocycles. The molecule has 1 aromatic carbocycles. The fraction of sp³-hybridized carbons (Fsp3) is 0.640. The number of hydrogen-bond donors (Lipinski definition) is 2. The van der Waals surface area contributed by atoms with E-state index < -0.39 is 6.03 Å². The normalized spacial score (nSPS) is 19.4. The molecular weight excluding hydrogens is 390 g/mol. The lowest BCUT2D eigenvalue weighted by atomic mass is 9.88. The highest BCUT2D eigenvalue weighted by Crippen LogP contribution is 2.24. The van der Waals surface area contributed by atoms with Crippen LogP contribution in [0.15, 0.2) is 24.3 Å². The van der Waals surface area contributed by atoms with Crippen LogP contribution >= 0.6 is 0 Å². The average Bonchev–Trinajstić information content (AvgIpc) is 3.25. The van der Waals surface area contributed by atoms with Gasteiger partial charge in [0.25, 0.3) is 0 Å². The summed E-state index contributed by atoms with van der Waals surface area (Å²) in [7, 11) is 0. The number of carbonyl (C=O) groups excluding carboxylic acids is 3. The maximum atomic E-state index is 12.9. The molecule has 1 aliphatic carbocycles. The second-order valence-electron chi connectivity index (χ2n) is 9.59. The molecule has 6 nitrogen and oxygen atoms in total. The van der Waals surface area contributed by atoms with E-state index in [2.05, 4.69) is 41.5 Å². The minimum absolute atomic E-state index is 0.00637. The number of benzene rings is 1. The largest absolute Gasteiger partial charge is 0.335 e. The van der Waals surface area contributed by atoms with Gasteiger partial charge in [-0.05, 0) is 63.6 Å². The lowest BCUT2D eigenvalue weighted by Gasteiger charge is -2.34. The van der Waals surface area contributed by atoms with Crippen molar-refractivity contribution in [1.29, 1.82) is 0 Å². The van der Waals surface area contributed by atoms with Crippen LogP contribution in [0.2, 0.25) is 0 Å². The van der Waals surface area contributed by atoms with Gasteiger partial charge in [-0.3, -0.25) is 19.8 Å². The number of rotatable bonds is 7. The summed E-state index contributed by atoms with van der Waals surface area (Å²) in [6.45, 7) is 7.57. The van der Waals surface area contributed by atoms with Gasteiger partial charge in [-0.2, -0.15) is 0 Å². The van der Waals surface area contributed by atoms with Crippen molar-refractivity contribution in [3.8, 4) is 0 Å². The summed E-state index contributed by atoms with van der Waals surface area (Å²) in [5.74, 6) is 0.511. The van der Waals surface area contributed by atoms with Gasteiger partial charge < -0.3 is 5.32 Å². The summed E-state index contributed by atoms with van der Waals surface area (Å²) in [6.07, 6.45) is 6.72. The number of likely N-dealkylation sites (tertiary alicyclic amines) is 1. The Hall–Kier alpha value is -2.21. The predicted molar refractivity (Wildman–Crippen MR) is 122 cm³/mol. The van der Waals surface area contributed by atoms with Gasteiger partial charge in [-0.15, -0.1) is 0 Å². The molecule has 3 rings (SSSR count). The zero-order chi connectivity index (χ0) is 22.4. The Morgan fingerprint density at radius 3 is 2.16 bits per heavy atom. The van der Waals surface area contributed by atoms with E-state index in [1.807, 2.05) is 19.1 Å². The highest BCUT2D eigenvalue weighted by molar-refractivity contribution is 5.98. The highest BCUT2D eigenvalue weighted by Gasteiger charge is 2.31. The fourth-order valence-corrected chi connectivity index (χ4v) is 4.73. The van der Waals surface area contributed by atoms with Crippen molar-refractivity contribution in [3.63, 3.8) is 0 Å². The number of nitrogens with one attached hydrogen (secondary N) is 2. The quantitative estimate of drug-likeness (QED) is 0.646. The van der Waals surface area contributed by atoms with E-state index in [1.54, 1.807) is 0 Å². The summed E-state index contributed by atoms with van der Waals surface area (Å²) >= 11 is 0. The van der Waals surface area contributed by atoms with Crippen molar-refractivity contribution < 1.29 is 14.4 Å². The summed E-state index contributed by atoms with van der Waals surface area (Å²) in [4.78, 5) is 39.5. The van der Waals surface area contributed by atoms with Crippen molar-refractivity contribution in [3.05, 3.63) is 35.4 Å². The number of amides is 3. The molecule has 1 aromatic rings. The van der Waals surface area contributed by atoms with E-state index in [4.69, 9.17) is 0 Å². The Labute approximate surface area is 186 Å². The van der Waals surface area contributed by atoms with E-state index >= 15 is 0 Å². The third kappa shape index (κ3) is 6.63. The topological polar surface area (TPSA) is 78.5 Å². The van der Waals surface area contributed by atoms with Crippen molar-refractivity contribution >= 4 is 17.7 Å². The van der Waals surface area contributed by atoms with E-state index in [-0.39, 0.29) is 29.7 Å². The molecule has 1 saturated carbocycles. The third-order valence-electron chi connectivity index (χ3n) is 6.64. The van der Waals surface area contributed by atoms with Crippen molar-refractivity contribution in [1.82, 2.24) is 15.5 Å². The first-order valence-corrected chi connectivity index (χ1v) is 11.8. The molecule has 1 atom stereocenters. The van der Waals surface area contributed by atoms with Crippen molar-refractivity contribution in [2.75, 3.05) is 13.1 Å². The van der Waals surface area contributed by atoms with Gasteiger partial charge in [0.15, 0.2) is 5.78 Å². The van der Waals surface area contributed by atoms with Crippen LogP contribution in [0.4, 0.5) is 4.79 Å². The van der Waals surface area contributed by atoms with Gasteiger partial charge in [0, 0.05) is 17.5 Å². The molecule has 0 bridgehead atoms. The van der Waals surface area contributed by atoms with Gasteiger partial charge in [0.1, 0.15) is 0 Å². The van der Waals surface area contributed by atoms with Gasteiger partial charge in [0.2, 0.25) is 5.91 Å². The molecule has 2 N–H and O–H groups in total. The molecule has 31 heavy (non-hydrogen) atoms. The molecule has 2 fully saturated rings. The Morgan fingerprint density at radius 1 is 0.968 bits per heavy atom. The van der Waals surface area contributed by atoms with Crippen LogP contribution in [0.1, 0.15) is 75.2 Å². The summed E-state index contributed by atoms with van der Waals surface area (Å²) in [5, 5.41) is 5.37. The molecule has 2 aliphatic rings.